The number of hydrogen-bond acceptors (Lipinski definition) is 4. The second kappa shape index (κ2) is 3.31. The highest BCUT2D eigenvalue weighted by Gasteiger charge is 2.06. The molecule has 2 aromatic heterocycles. The van der Waals surface area contributed by atoms with E-state index in [0.29, 0.717) is 5.65 Å². The number of aromatic nitrogens is 4. The average Bonchev–Trinajstić information content (AvgIpc) is 2.47. The van der Waals surface area contributed by atoms with Crippen LogP contribution in [0.4, 0.5) is 5.95 Å². The molecule has 0 radical (unpaired) electrons. The summed E-state index contributed by atoms with van der Waals surface area (Å²) in [6, 6.07) is 0. The van der Waals surface area contributed by atoms with Crippen LogP contribution in [0, 0.1) is 6.92 Å². The van der Waals surface area contributed by atoms with E-state index in [1.54, 1.807) is 6.20 Å². The van der Waals surface area contributed by atoms with E-state index in [2.05, 4.69) is 19.8 Å². The predicted octanol–water partition coefficient (Wildman–Crippen LogP) is -0.0187. The molecule has 0 saturated heterocycles. The Morgan fingerprint density at radius 2 is 2.43 bits per heavy atom. The molecule has 2 N–H and O–H groups in total. The highest BCUT2D eigenvalue weighted by atomic mass is 32.2. The zero-order valence-corrected chi connectivity index (χ0v) is 8.02. The molecule has 2 heterocycles. The van der Waals surface area contributed by atoms with E-state index < -0.39 is 11.3 Å². The molecule has 0 bridgehead atoms. The largest absolute Gasteiger partial charge is 0.289 e. The average molecular weight is 213 g/mol. The van der Waals surface area contributed by atoms with Crippen LogP contribution in [0.15, 0.2) is 12.5 Å². The highest BCUT2D eigenvalue weighted by Crippen LogP contribution is 2.08. The molecule has 0 amide bonds. The fourth-order valence-electron chi connectivity index (χ4n) is 1.06. The summed E-state index contributed by atoms with van der Waals surface area (Å²) in [6.45, 7) is 1.83. The molecule has 1 atom stereocenters. The van der Waals surface area contributed by atoms with Crippen molar-refractivity contribution in [2.24, 2.45) is 0 Å². The third kappa shape index (κ3) is 1.56. The third-order valence-electron chi connectivity index (χ3n) is 1.61. The smallest absolute Gasteiger partial charge is 0.261 e. The molecular weight excluding hydrogens is 206 g/mol. The van der Waals surface area contributed by atoms with E-state index in [4.69, 9.17) is 4.55 Å². The fourth-order valence-corrected chi connectivity index (χ4v) is 1.30. The molecule has 14 heavy (non-hydrogen) atoms. The molecular formula is C6H7N5O2S. The summed E-state index contributed by atoms with van der Waals surface area (Å²) in [4.78, 5) is 7.90. The molecule has 8 heteroatoms. The number of nitrogens with zero attached hydrogens (tertiary/aromatic N) is 4. The van der Waals surface area contributed by atoms with Crippen molar-refractivity contribution in [3.8, 4) is 0 Å². The second-order valence-electron chi connectivity index (χ2n) is 2.63. The van der Waals surface area contributed by atoms with Crippen LogP contribution in [0.2, 0.25) is 0 Å². The van der Waals surface area contributed by atoms with Gasteiger partial charge in [-0.3, -0.25) is 4.55 Å². The Kier molecular flexibility index (Phi) is 2.14. The molecule has 0 fully saturated rings. The van der Waals surface area contributed by atoms with Gasteiger partial charge in [0.05, 0.1) is 0 Å². The standard InChI is InChI=1S/C6H7N5O2S/c1-4-2-7-3-11-5(4)8-6(9-11)10-14(12)13/h2-3H,1H3,(H,9,10)(H,12,13). The van der Waals surface area contributed by atoms with Gasteiger partial charge in [0.2, 0.25) is 0 Å². The lowest BCUT2D eigenvalue weighted by Gasteiger charge is -1.91. The molecule has 0 aromatic carbocycles. The van der Waals surface area contributed by atoms with Crippen LogP contribution >= 0.6 is 0 Å². The Hall–Kier alpha value is -1.54. The maximum absolute atomic E-state index is 10.4. The van der Waals surface area contributed by atoms with E-state index in [1.807, 2.05) is 6.92 Å². The maximum atomic E-state index is 10.4. The first-order valence-corrected chi connectivity index (χ1v) is 4.82. The lowest BCUT2D eigenvalue weighted by molar-refractivity contribution is 0.569. The summed E-state index contributed by atoms with van der Waals surface area (Å²) in [5.41, 5.74) is 1.45. The third-order valence-corrected chi connectivity index (χ3v) is 1.96. The lowest BCUT2D eigenvalue weighted by atomic mass is 10.4. The van der Waals surface area contributed by atoms with Crippen molar-refractivity contribution in [1.29, 1.82) is 0 Å². The van der Waals surface area contributed by atoms with Crippen molar-refractivity contribution in [2.45, 2.75) is 6.92 Å². The summed E-state index contributed by atoms with van der Waals surface area (Å²) in [7, 11) is 0. The van der Waals surface area contributed by atoms with Crippen LogP contribution < -0.4 is 4.72 Å². The Morgan fingerprint density at radius 3 is 3.07 bits per heavy atom. The second-order valence-corrected chi connectivity index (χ2v) is 3.33. The number of fused-ring (bicyclic) bond motifs is 1. The normalized spacial score (nSPS) is 13.0. The van der Waals surface area contributed by atoms with Gasteiger partial charge in [-0.25, -0.2) is 18.4 Å². The van der Waals surface area contributed by atoms with Gasteiger partial charge in [0.25, 0.3) is 17.2 Å². The van der Waals surface area contributed by atoms with Gasteiger partial charge in [-0.15, -0.1) is 5.10 Å². The summed E-state index contributed by atoms with van der Waals surface area (Å²) < 4.78 is 22.6. The zero-order chi connectivity index (χ0) is 10.1. The minimum atomic E-state index is -2.16. The summed E-state index contributed by atoms with van der Waals surface area (Å²) in [6.07, 6.45) is 3.12. The van der Waals surface area contributed by atoms with Crippen LogP contribution in [0.25, 0.3) is 5.65 Å². The quantitative estimate of drug-likeness (QED) is 0.684. The molecule has 2 rings (SSSR count). The van der Waals surface area contributed by atoms with E-state index in [0.717, 1.165) is 5.56 Å². The number of hydrogen-bond donors (Lipinski definition) is 2. The topological polar surface area (TPSA) is 92.4 Å². The molecule has 1 unspecified atom stereocenters. The van der Waals surface area contributed by atoms with Gasteiger partial charge in [-0.05, 0) is 6.92 Å². The Balaban J connectivity index is 2.51. The molecule has 0 saturated carbocycles. The SMILES string of the molecule is Cc1cncn2nc(NS(=O)O)nc12. The van der Waals surface area contributed by atoms with Gasteiger partial charge in [0, 0.05) is 11.8 Å². The van der Waals surface area contributed by atoms with E-state index in [9.17, 15) is 4.21 Å². The Bertz CT molecular complexity index is 496. The molecule has 74 valence electrons. The summed E-state index contributed by atoms with van der Waals surface area (Å²) >= 11 is -2.16. The monoisotopic (exact) mass is 213 g/mol. The molecule has 0 spiro atoms. The number of nitrogens with one attached hydrogen (secondary N) is 1. The van der Waals surface area contributed by atoms with Crippen LogP contribution in [-0.2, 0) is 11.3 Å². The fraction of sp³-hybridized carbons (Fsp3) is 0.167. The molecule has 7 nitrogen and oxygen atoms in total. The van der Waals surface area contributed by atoms with Gasteiger partial charge < -0.3 is 0 Å². The zero-order valence-electron chi connectivity index (χ0n) is 7.21. The minimum Gasteiger partial charge on any atom is -0.289 e. The van der Waals surface area contributed by atoms with E-state index in [-0.39, 0.29) is 5.95 Å². The van der Waals surface area contributed by atoms with Crippen molar-refractivity contribution >= 4 is 22.9 Å². The first-order chi connectivity index (χ1) is 6.66. The highest BCUT2D eigenvalue weighted by molar-refractivity contribution is 7.80. The number of aryl methyl sites for hydroxylation is 1. The van der Waals surface area contributed by atoms with E-state index >= 15 is 0 Å². The van der Waals surface area contributed by atoms with Gasteiger partial charge >= 0.3 is 0 Å². The van der Waals surface area contributed by atoms with Gasteiger partial charge in [0.15, 0.2) is 5.65 Å². The van der Waals surface area contributed by atoms with Crippen LogP contribution in [0.5, 0.6) is 0 Å². The number of rotatable bonds is 2. The first-order valence-electron chi connectivity index (χ1n) is 3.71. The predicted molar refractivity (Wildman–Crippen MR) is 49.9 cm³/mol. The van der Waals surface area contributed by atoms with Crippen molar-refractivity contribution < 1.29 is 8.76 Å². The molecule has 2 aromatic rings. The van der Waals surface area contributed by atoms with Crippen molar-refractivity contribution in [3.63, 3.8) is 0 Å². The Morgan fingerprint density at radius 1 is 1.64 bits per heavy atom. The summed E-state index contributed by atoms with van der Waals surface area (Å²) in [5, 5.41) is 3.89. The lowest BCUT2D eigenvalue weighted by Crippen LogP contribution is -2.03. The first kappa shape index (κ1) is 9.03. The van der Waals surface area contributed by atoms with E-state index in [1.165, 1.54) is 10.8 Å². The minimum absolute atomic E-state index is 0.0990. The Labute approximate surface area is 81.6 Å². The van der Waals surface area contributed by atoms with Gasteiger partial charge in [-0.2, -0.15) is 4.98 Å². The van der Waals surface area contributed by atoms with Gasteiger partial charge in [-0.1, -0.05) is 0 Å². The molecule has 0 aliphatic carbocycles. The van der Waals surface area contributed by atoms with Crippen molar-refractivity contribution in [2.75, 3.05) is 4.72 Å². The van der Waals surface area contributed by atoms with Crippen LogP contribution in [-0.4, -0.2) is 28.3 Å². The van der Waals surface area contributed by atoms with Crippen molar-refractivity contribution in [3.05, 3.63) is 18.1 Å². The molecule has 0 aliphatic heterocycles. The van der Waals surface area contributed by atoms with Crippen LogP contribution in [0.1, 0.15) is 5.56 Å². The van der Waals surface area contributed by atoms with Crippen LogP contribution in [0.3, 0.4) is 0 Å². The maximum Gasteiger partial charge on any atom is 0.261 e. The van der Waals surface area contributed by atoms with Crippen molar-refractivity contribution in [1.82, 2.24) is 19.6 Å². The number of anilines is 1. The van der Waals surface area contributed by atoms with Gasteiger partial charge in [0.1, 0.15) is 6.33 Å². The summed E-state index contributed by atoms with van der Waals surface area (Å²) in [5.74, 6) is 0.0990. The molecule has 0 aliphatic rings.